The molecule has 40 valence electrons. The highest BCUT2D eigenvalue weighted by Crippen LogP contribution is 2.24. The molecular formula is CHN2O3S-. The van der Waals surface area contributed by atoms with Gasteiger partial charge in [0.15, 0.2) is 0 Å². The molecule has 0 aromatic rings. The molecule has 1 aliphatic heterocycles. The summed E-state index contributed by atoms with van der Waals surface area (Å²) in [6.45, 7) is 0. The number of hydrogen-bond donors (Lipinski definition) is 0. The van der Waals surface area contributed by atoms with Crippen LogP contribution in [-0.2, 0) is 4.84 Å². The Morgan fingerprint density at radius 1 is 1.71 bits per heavy atom. The van der Waals surface area contributed by atoms with Gasteiger partial charge in [-0.05, 0) is 0 Å². The molecule has 7 heavy (non-hydrogen) atoms. The molecule has 0 radical (unpaired) electrons. The first-order valence-corrected chi connectivity index (χ1v) is 2.14. The standard InChI is InChI=1S/CHN2O3S/c4-3(5)6-1-2-7-3/h1H/q-1. The summed E-state index contributed by atoms with van der Waals surface area (Å²) in [5, 5.41) is 19.8. The first kappa shape index (κ1) is 4.85. The van der Waals surface area contributed by atoms with Gasteiger partial charge in [-0.15, -0.1) is 8.78 Å². The van der Waals surface area contributed by atoms with Crippen LogP contribution >= 0.6 is 12.1 Å². The Bertz CT molecular complexity index is 91.1. The zero-order valence-corrected chi connectivity index (χ0v) is 3.92. The molecule has 0 saturated carbocycles. The molecule has 0 unspecified atom stereocenters. The van der Waals surface area contributed by atoms with E-state index in [1.165, 1.54) is 0 Å². The Morgan fingerprint density at radius 2 is 2.43 bits per heavy atom. The fraction of sp³-hybridized carbons (Fsp3) is 0. The number of rotatable bonds is 0. The van der Waals surface area contributed by atoms with Crippen molar-refractivity contribution >= 4 is 18.5 Å². The van der Waals surface area contributed by atoms with Crippen molar-refractivity contribution in [3.8, 4) is 0 Å². The maximum atomic E-state index is 9.90. The molecule has 0 bridgehead atoms. The average molecular weight is 121 g/mol. The summed E-state index contributed by atoms with van der Waals surface area (Å²) in [5.41, 5.74) is 0. The second-order valence-corrected chi connectivity index (χ2v) is 1.67. The first-order chi connectivity index (χ1) is 3.21. The average Bonchev–Trinajstić information content (AvgIpc) is 1.84. The second-order valence-electron chi connectivity index (χ2n) is 0.845. The van der Waals surface area contributed by atoms with Crippen molar-refractivity contribution in [2.75, 3.05) is 0 Å². The van der Waals surface area contributed by atoms with Crippen LogP contribution in [-0.4, -0.2) is 10.8 Å². The van der Waals surface area contributed by atoms with E-state index in [4.69, 9.17) is 0 Å². The molecule has 0 saturated heterocycles. The third kappa shape index (κ3) is 1.03. The minimum atomic E-state index is -2.06. The molecule has 6 heteroatoms. The smallest absolute Gasteiger partial charge is 0.275 e. The van der Waals surface area contributed by atoms with Gasteiger partial charge >= 0.3 is 0 Å². The third-order valence-electron chi connectivity index (χ3n) is 0.366. The molecule has 1 heterocycles. The van der Waals surface area contributed by atoms with E-state index in [1.807, 2.05) is 0 Å². The van der Waals surface area contributed by atoms with Crippen LogP contribution in [0.4, 0.5) is 0 Å². The van der Waals surface area contributed by atoms with Gasteiger partial charge in [-0.25, -0.2) is 0 Å². The van der Waals surface area contributed by atoms with Gasteiger partial charge in [-0.2, -0.15) is 0 Å². The molecule has 0 spiro atoms. The Balaban J connectivity index is 2.49. The third-order valence-corrected chi connectivity index (χ3v) is 0.833. The van der Waals surface area contributed by atoms with Gasteiger partial charge in [0.05, 0.1) is 0 Å². The summed E-state index contributed by atoms with van der Waals surface area (Å²) in [6.07, 6.45) is 0.824. The van der Waals surface area contributed by atoms with Gasteiger partial charge in [0, 0.05) is 0 Å². The Hall–Kier alpha value is -0.300. The van der Waals surface area contributed by atoms with Crippen LogP contribution in [0.5, 0.6) is 0 Å². The van der Waals surface area contributed by atoms with Crippen LogP contribution in [0.3, 0.4) is 0 Å². The normalized spacial score (nSPS) is 24.9. The van der Waals surface area contributed by atoms with Crippen molar-refractivity contribution in [2.24, 2.45) is 4.40 Å². The van der Waals surface area contributed by atoms with Crippen LogP contribution < -0.4 is 0 Å². The van der Waals surface area contributed by atoms with E-state index in [2.05, 4.69) is 9.24 Å². The summed E-state index contributed by atoms with van der Waals surface area (Å²) in [7, 11) is 0. The van der Waals surface area contributed by atoms with Crippen molar-refractivity contribution < 1.29 is 9.22 Å². The number of quaternary nitrogens is 1. The lowest BCUT2D eigenvalue weighted by molar-refractivity contribution is -0.884. The molecule has 0 aromatic carbocycles. The Labute approximate surface area is 43.6 Å². The van der Waals surface area contributed by atoms with E-state index >= 15 is 0 Å². The van der Waals surface area contributed by atoms with E-state index in [1.54, 1.807) is 0 Å². The molecule has 0 amide bonds. The van der Waals surface area contributed by atoms with Crippen molar-refractivity contribution in [3.63, 3.8) is 0 Å². The molecule has 1 aliphatic rings. The zero-order valence-electron chi connectivity index (χ0n) is 3.10. The highest BCUT2D eigenvalue weighted by Gasteiger charge is 2.12. The highest BCUT2D eigenvalue weighted by molar-refractivity contribution is 7.92. The molecular weight excluding hydrogens is 120 g/mol. The SMILES string of the molecule is [O-][N+]1([O-])OC=NS1. The first-order valence-electron chi connectivity index (χ1n) is 1.41. The fourth-order valence-corrected chi connectivity index (χ4v) is 0.443. The van der Waals surface area contributed by atoms with Crippen LogP contribution in [0, 0.1) is 10.4 Å². The van der Waals surface area contributed by atoms with Crippen molar-refractivity contribution in [3.05, 3.63) is 10.4 Å². The van der Waals surface area contributed by atoms with Crippen LogP contribution in [0.2, 0.25) is 0 Å². The van der Waals surface area contributed by atoms with E-state index in [0.717, 1.165) is 6.40 Å². The molecule has 5 nitrogen and oxygen atoms in total. The zero-order chi connectivity index (χ0) is 5.33. The maximum absolute atomic E-state index is 9.90. The van der Waals surface area contributed by atoms with Crippen LogP contribution in [0.15, 0.2) is 4.40 Å². The summed E-state index contributed by atoms with van der Waals surface area (Å²) in [6, 6.07) is 0. The Kier molecular flexibility index (Phi) is 0.927. The molecule has 0 atom stereocenters. The van der Waals surface area contributed by atoms with Crippen molar-refractivity contribution in [2.45, 2.75) is 0 Å². The minimum Gasteiger partial charge on any atom is -0.574 e. The summed E-state index contributed by atoms with van der Waals surface area (Å²) in [4.78, 5) is 3.84. The van der Waals surface area contributed by atoms with Gasteiger partial charge in [0.2, 0.25) is 0 Å². The predicted octanol–water partition coefficient (Wildman–Crippen LogP) is 0.335. The second kappa shape index (κ2) is 1.34. The molecule has 1 rings (SSSR count). The molecule has 0 aliphatic carbocycles. The van der Waals surface area contributed by atoms with Gasteiger partial charge in [-0.1, -0.05) is 0 Å². The Morgan fingerprint density at radius 3 is 2.57 bits per heavy atom. The largest absolute Gasteiger partial charge is 0.574 e. The van der Waals surface area contributed by atoms with E-state index in [9.17, 15) is 10.4 Å². The summed E-state index contributed by atoms with van der Waals surface area (Å²) < 4.78 is 1.10. The van der Waals surface area contributed by atoms with Gasteiger partial charge in [0.1, 0.15) is 0 Å². The summed E-state index contributed by atoms with van der Waals surface area (Å²) in [5.74, 6) is 0. The van der Waals surface area contributed by atoms with E-state index < -0.39 is 4.38 Å². The minimum absolute atomic E-state index is 0.273. The van der Waals surface area contributed by atoms with Gasteiger partial charge in [-0.3, -0.25) is 4.84 Å². The predicted molar refractivity (Wildman–Crippen MR) is 24.2 cm³/mol. The molecule has 0 aromatic heterocycles. The van der Waals surface area contributed by atoms with Crippen LogP contribution in [0.1, 0.15) is 0 Å². The number of nitrogens with zero attached hydrogens (tertiary/aromatic N) is 2. The maximum Gasteiger partial charge on any atom is 0.275 e. The highest BCUT2D eigenvalue weighted by atomic mass is 32.2. The molecule has 0 N–H and O–H groups in total. The lowest BCUT2D eigenvalue weighted by atomic mass is 11.6. The van der Waals surface area contributed by atoms with Gasteiger partial charge < -0.3 is 10.4 Å². The summed E-state index contributed by atoms with van der Waals surface area (Å²) >= 11 is 0.273. The monoisotopic (exact) mass is 121 g/mol. The fourth-order valence-electron chi connectivity index (χ4n) is 0.173. The lowest BCUT2D eigenvalue weighted by Crippen LogP contribution is -2.21. The van der Waals surface area contributed by atoms with E-state index in [0.29, 0.717) is 0 Å². The number of hydrogen-bond acceptors (Lipinski definition) is 5. The van der Waals surface area contributed by atoms with Crippen molar-refractivity contribution in [1.82, 2.24) is 0 Å². The quantitative estimate of drug-likeness (QED) is 0.263. The topological polar surface area (TPSA) is 67.7 Å². The van der Waals surface area contributed by atoms with Gasteiger partial charge in [0.25, 0.3) is 18.5 Å². The molecule has 0 fully saturated rings. The van der Waals surface area contributed by atoms with Crippen molar-refractivity contribution in [1.29, 1.82) is 0 Å². The lowest BCUT2D eigenvalue weighted by Gasteiger charge is -2.30. The van der Waals surface area contributed by atoms with E-state index in [-0.39, 0.29) is 12.1 Å². The van der Waals surface area contributed by atoms with Crippen LogP contribution in [0.25, 0.3) is 0 Å².